The summed E-state index contributed by atoms with van der Waals surface area (Å²) >= 11 is 0. The highest BCUT2D eigenvalue weighted by Gasteiger charge is 2.02. The van der Waals surface area contributed by atoms with E-state index in [-0.39, 0.29) is 6.10 Å². The first kappa shape index (κ1) is 13.0. The molecule has 0 N–H and O–H groups in total. The van der Waals surface area contributed by atoms with Crippen molar-refractivity contribution in [2.75, 3.05) is 0 Å². The van der Waals surface area contributed by atoms with Crippen LogP contribution < -0.4 is 9.47 Å². The first-order valence-corrected chi connectivity index (χ1v) is 6.06. The summed E-state index contributed by atoms with van der Waals surface area (Å²) in [5.41, 5.74) is 0. The molecule has 0 spiro atoms. The molecule has 0 unspecified atom stereocenters. The van der Waals surface area contributed by atoms with Gasteiger partial charge in [0.1, 0.15) is 23.4 Å². The minimum Gasteiger partial charge on any atom is -0.482 e. The predicted octanol–water partition coefficient (Wildman–Crippen LogP) is 4.60. The molecular formula is C17H16O2. The molecule has 0 bridgehead atoms. The number of ether oxygens (including phenoxy) is 2. The Morgan fingerprint density at radius 3 is 1.84 bits per heavy atom. The quantitative estimate of drug-likeness (QED) is 0.699. The standard InChI is InChI=1S/C17H16O2/c1-3-14(4-2)18-16-10-12-17(13-11-16)19-15-8-6-5-7-9-15/h3-14H,1-2H2. The number of rotatable bonds is 6. The van der Waals surface area contributed by atoms with Crippen molar-refractivity contribution in [2.24, 2.45) is 0 Å². The molecule has 0 atom stereocenters. The molecule has 2 aromatic carbocycles. The van der Waals surface area contributed by atoms with E-state index in [1.165, 1.54) is 0 Å². The van der Waals surface area contributed by atoms with E-state index in [4.69, 9.17) is 9.47 Å². The molecule has 0 aliphatic heterocycles. The number of benzene rings is 2. The summed E-state index contributed by atoms with van der Waals surface area (Å²) in [5.74, 6) is 2.34. The Hall–Kier alpha value is -2.48. The zero-order chi connectivity index (χ0) is 13.5. The summed E-state index contributed by atoms with van der Waals surface area (Å²) in [4.78, 5) is 0. The van der Waals surface area contributed by atoms with E-state index in [2.05, 4.69) is 13.2 Å². The molecule has 0 amide bonds. The monoisotopic (exact) mass is 252 g/mol. The summed E-state index contributed by atoms with van der Waals surface area (Å²) in [6, 6.07) is 17.1. The number of hydrogen-bond acceptors (Lipinski definition) is 2. The van der Waals surface area contributed by atoms with Crippen LogP contribution in [-0.4, -0.2) is 6.10 Å². The molecule has 0 saturated heterocycles. The minimum atomic E-state index is -0.180. The van der Waals surface area contributed by atoms with Crippen LogP contribution in [0.5, 0.6) is 17.2 Å². The Kier molecular flexibility index (Phi) is 4.40. The molecule has 2 heteroatoms. The molecule has 2 rings (SSSR count). The second-order valence-corrected chi connectivity index (χ2v) is 3.94. The lowest BCUT2D eigenvalue weighted by Crippen LogP contribution is -2.08. The maximum Gasteiger partial charge on any atom is 0.135 e. The van der Waals surface area contributed by atoms with Crippen molar-refractivity contribution >= 4 is 0 Å². The lowest BCUT2D eigenvalue weighted by molar-refractivity contribution is 0.296. The first-order valence-electron chi connectivity index (χ1n) is 6.06. The predicted molar refractivity (Wildman–Crippen MR) is 77.8 cm³/mol. The minimum absolute atomic E-state index is 0.180. The smallest absolute Gasteiger partial charge is 0.135 e. The highest BCUT2D eigenvalue weighted by Crippen LogP contribution is 2.24. The highest BCUT2D eigenvalue weighted by atomic mass is 16.5. The van der Waals surface area contributed by atoms with Gasteiger partial charge in [-0.15, -0.1) is 0 Å². The second-order valence-electron chi connectivity index (χ2n) is 3.94. The third-order valence-corrected chi connectivity index (χ3v) is 2.54. The van der Waals surface area contributed by atoms with Gasteiger partial charge in [0, 0.05) is 0 Å². The van der Waals surface area contributed by atoms with Gasteiger partial charge in [-0.1, -0.05) is 31.4 Å². The Bertz CT molecular complexity index is 521. The third kappa shape index (κ3) is 3.75. The van der Waals surface area contributed by atoms with Gasteiger partial charge in [-0.3, -0.25) is 0 Å². The fourth-order valence-corrected chi connectivity index (χ4v) is 1.56. The molecule has 96 valence electrons. The molecule has 0 saturated carbocycles. The zero-order valence-corrected chi connectivity index (χ0v) is 10.7. The lowest BCUT2D eigenvalue weighted by atomic mass is 10.3. The summed E-state index contributed by atoms with van der Waals surface area (Å²) in [5, 5.41) is 0. The fourth-order valence-electron chi connectivity index (χ4n) is 1.56. The highest BCUT2D eigenvalue weighted by molar-refractivity contribution is 5.35. The Labute approximate surface area is 113 Å². The van der Waals surface area contributed by atoms with Crippen LogP contribution in [0.3, 0.4) is 0 Å². The molecule has 0 heterocycles. The van der Waals surface area contributed by atoms with Crippen LogP contribution in [-0.2, 0) is 0 Å². The SMILES string of the molecule is C=CC(C=C)Oc1ccc(Oc2ccccc2)cc1. The Balaban J connectivity index is 2.02. The van der Waals surface area contributed by atoms with Crippen molar-refractivity contribution in [3.8, 4) is 17.2 Å². The lowest BCUT2D eigenvalue weighted by Gasteiger charge is -2.12. The molecule has 0 fully saturated rings. The molecule has 0 aliphatic carbocycles. The van der Waals surface area contributed by atoms with Gasteiger partial charge in [-0.25, -0.2) is 0 Å². The molecule has 0 aliphatic rings. The van der Waals surface area contributed by atoms with E-state index in [1.807, 2.05) is 54.6 Å². The molecule has 2 aromatic rings. The zero-order valence-electron chi connectivity index (χ0n) is 10.7. The van der Waals surface area contributed by atoms with Crippen molar-refractivity contribution in [1.29, 1.82) is 0 Å². The van der Waals surface area contributed by atoms with Gasteiger partial charge in [0.05, 0.1) is 0 Å². The average molecular weight is 252 g/mol. The Morgan fingerprint density at radius 2 is 1.26 bits per heavy atom. The summed E-state index contributed by atoms with van der Waals surface area (Å²) in [6.07, 6.45) is 3.21. The molecule has 2 nitrogen and oxygen atoms in total. The van der Waals surface area contributed by atoms with Crippen molar-refractivity contribution in [1.82, 2.24) is 0 Å². The average Bonchev–Trinajstić information content (AvgIpc) is 2.47. The van der Waals surface area contributed by atoms with E-state index in [0.717, 1.165) is 17.2 Å². The Morgan fingerprint density at radius 1 is 0.737 bits per heavy atom. The van der Waals surface area contributed by atoms with E-state index in [9.17, 15) is 0 Å². The molecular weight excluding hydrogens is 236 g/mol. The van der Waals surface area contributed by atoms with E-state index < -0.39 is 0 Å². The third-order valence-electron chi connectivity index (χ3n) is 2.54. The van der Waals surface area contributed by atoms with Crippen molar-refractivity contribution in [3.05, 3.63) is 79.9 Å². The summed E-state index contributed by atoms with van der Waals surface area (Å²) in [6.45, 7) is 7.36. The van der Waals surface area contributed by atoms with Crippen LogP contribution in [0, 0.1) is 0 Å². The largest absolute Gasteiger partial charge is 0.482 e. The van der Waals surface area contributed by atoms with E-state index >= 15 is 0 Å². The van der Waals surface area contributed by atoms with Crippen LogP contribution in [0.2, 0.25) is 0 Å². The maximum absolute atomic E-state index is 5.70. The number of hydrogen-bond donors (Lipinski definition) is 0. The van der Waals surface area contributed by atoms with Gasteiger partial charge in [0.25, 0.3) is 0 Å². The number of para-hydroxylation sites is 1. The van der Waals surface area contributed by atoms with Gasteiger partial charge >= 0.3 is 0 Å². The summed E-state index contributed by atoms with van der Waals surface area (Å²) in [7, 11) is 0. The van der Waals surface area contributed by atoms with E-state index in [0.29, 0.717) is 0 Å². The second kappa shape index (κ2) is 6.45. The van der Waals surface area contributed by atoms with Crippen molar-refractivity contribution < 1.29 is 9.47 Å². The first-order chi connectivity index (χ1) is 9.31. The van der Waals surface area contributed by atoms with Crippen molar-refractivity contribution in [3.63, 3.8) is 0 Å². The fraction of sp³-hybridized carbons (Fsp3) is 0.0588. The van der Waals surface area contributed by atoms with E-state index in [1.54, 1.807) is 12.2 Å². The van der Waals surface area contributed by atoms with Crippen LogP contribution in [0.15, 0.2) is 79.9 Å². The van der Waals surface area contributed by atoms with Crippen LogP contribution in [0.4, 0.5) is 0 Å². The maximum atomic E-state index is 5.70. The molecule has 19 heavy (non-hydrogen) atoms. The van der Waals surface area contributed by atoms with Gasteiger partial charge in [0.15, 0.2) is 0 Å². The van der Waals surface area contributed by atoms with Gasteiger partial charge in [-0.05, 0) is 48.6 Å². The summed E-state index contributed by atoms with van der Waals surface area (Å²) < 4.78 is 11.3. The van der Waals surface area contributed by atoms with Gasteiger partial charge < -0.3 is 9.47 Å². The van der Waals surface area contributed by atoms with Gasteiger partial charge in [-0.2, -0.15) is 0 Å². The van der Waals surface area contributed by atoms with Crippen LogP contribution in [0.25, 0.3) is 0 Å². The van der Waals surface area contributed by atoms with Crippen molar-refractivity contribution in [2.45, 2.75) is 6.10 Å². The van der Waals surface area contributed by atoms with Gasteiger partial charge in [0.2, 0.25) is 0 Å². The van der Waals surface area contributed by atoms with Crippen LogP contribution in [0.1, 0.15) is 0 Å². The molecule has 0 aromatic heterocycles. The molecule has 0 radical (unpaired) electrons. The van der Waals surface area contributed by atoms with Crippen LogP contribution >= 0.6 is 0 Å². The topological polar surface area (TPSA) is 18.5 Å². The normalized spacial score (nSPS) is 9.95.